The molecule has 0 amide bonds. The molecule has 1 aromatic carbocycles. The number of halogens is 1. The van der Waals surface area contributed by atoms with Crippen molar-refractivity contribution in [2.75, 3.05) is 11.6 Å². The van der Waals surface area contributed by atoms with Crippen LogP contribution >= 0.6 is 23.4 Å². The van der Waals surface area contributed by atoms with Crippen LogP contribution in [-0.2, 0) is 4.79 Å². The van der Waals surface area contributed by atoms with Gasteiger partial charge in [0.2, 0.25) is 11.1 Å². The van der Waals surface area contributed by atoms with Crippen LogP contribution in [-0.4, -0.2) is 26.8 Å². The van der Waals surface area contributed by atoms with Crippen LogP contribution in [0.15, 0.2) is 40.7 Å². The number of anilines is 1. The van der Waals surface area contributed by atoms with Crippen molar-refractivity contribution in [2.45, 2.75) is 37.9 Å². The predicted molar refractivity (Wildman–Crippen MR) is 100 cm³/mol. The Kier molecular flexibility index (Phi) is 3.92. The molecular formula is C18H19ClN4OS. The van der Waals surface area contributed by atoms with E-state index in [4.69, 9.17) is 11.6 Å². The highest BCUT2D eigenvalue weighted by atomic mass is 35.5. The maximum absolute atomic E-state index is 13.0. The minimum atomic E-state index is -0.263. The number of allylic oxidation sites excluding steroid dienone is 2. The average Bonchev–Trinajstić information content (AvgIpc) is 2.95. The zero-order chi connectivity index (χ0) is 17.8. The van der Waals surface area contributed by atoms with Gasteiger partial charge in [0.15, 0.2) is 5.78 Å². The van der Waals surface area contributed by atoms with Crippen molar-refractivity contribution < 1.29 is 4.79 Å². The Bertz CT molecular complexity index is 885. The van der Waals surface area contributed by atoms with E-state index in [0.717, 1.165) is 23.3 Å². The molecule has 2 heterocycles. The lowest BCUT2D eigenvalue weighted by Crippen LogP contribution is -2.36. The van der Waals surface area contributed by atoms with Gasteiger partial charge in [-0.3, -0.25) is 4.79 Å². The Labute approximate surface area is 155 Å². The van der Waals surface area contributed by atoms with E-state index in [1.54, 1.807) is 0 Å². The molecule has 5 nitrogen and oxygen atoms in total. The third-order valence-corrected chi connectivity index (χ3v) is 5.47. The molecule has 1 N–H and O–H groups in total. The summed E-state index contributed by atoms with van der Waals surface area (Å²) in [4.78, 5) is 17.5. The second-order valence-electron chi connectivity index (χ2n) is 7.28. The van der Waals surface area contributed by atoms with Crippen LogP contribution in [0.3, 0.4) is 0 Å². The van der Waals surface area contributed by atoms with Gasteiger partial charge >= 0.3 is 0 Å². The average molecular weight is 375 g/mol. The number of fused-ring (bicyclic) bond motifs is 1. The predicted octanol–water partition coefficient (Wildman–Crippen LogP) is 4.31. The summed E-state index contributed by atoms with van der Waals surface area (Å²) < 4.78 is 1.82. The molecule has 0 spiro atoms. The van der Waals surface area contributed by atoms with Gasteiger partial charge in [-0.15, -0.1) is 5.10 Å². The van der Waals surface area contributed by atoms with E-state index < -0.39 is 0 Å². The largest absolute Gasteiger partial charge is 0.328 e. The van der Waals surface area contributed by atoms with Crippen molar-refractivity contribution in [3.63, 3.8) is 0 Å². The summed E-state index contributed by atoms with van der Waals surface area (Å²) in [5.41, 5.74) is 2.70. The van der Waals surface area contributed by atoms with E-state index in [0.29, 0.717) is 22.5 Å². The van der Waals surface area contributed by atoms with Crippen LogP contribution in [0.25, 0.3) is 0 Å². The number of carbonyl (C=O) groups is 1. The fourth-order valence-electron chi connectivity index (χ4n) is 3.63. The molecule has 0 saturated heterocycles. The first-order chi connectivity index (χ1) is 11.9. The zero-order valence-corrected chi connectivity index (χ0v) is 15.9. The van der Waals surface area contributed by atoms with E-state index in [-0.39, 0.29) is 17.2 Å². The van der Waals surface area contributed by atoms with Gasteiger partial charge in [-0.1, -0.05) is 49.3 Å². The zero-order valence-electron chi connectivity index (χ0n) is 14.3. The van der Waals surface area contributed by atoms with Crippen LogP contribution in [0.1, 0.15) is 38.3 Å². The van der Waals surface area contributed by atoms with Crippen molar-refractivity contribution in [3.8, 4) is 0 Å². The van der Waals surface area contributed by atoms with E-state index in [1.807, 2.05) is 35.2 Å². The molecule has 0 radical (unpaired) electrons. The maximum atomic E-state index is 13.0. The Morgan fingerprint density at radius 1 is 1.28 bits per heavy atom. The topological polar surface area (TPSA) is 59.8 Å². The lowest BCUT2D eigenvalue weighted by molar-refractivity contribution is -0.118. The Morgan fingerprint density at radius 2 is 2.00 bits per heavy atom. The highest BCUT2D eigenvalue weighted by Gasteiger charge is 2.41. The fourth-order valence-corrected chi connectivity index (χ4v) is 4.10. The van der Waals surface area contributed by atoms with Gasteiger partial charge in [-0.2, -0.15) is 4.98 Å². The van der Waals surface area contributed by atoms with Gasteiger partial charge < -0.3 is 5.32 Å². The van der Waals surface area contributed by atoms with Crippen molar-refractivity contribution in [2.24, 2.45) is 5.41 Å². The maximum Gasteiger partial charge on any atom is 0.227 e. The third-order valence-electron chi connectivity index (χ3n) is 4.68. The summed E-state index contributed by atoms with van der Waals surface area (Å²) in [5.74, 6) is 0.860. The molecule has 25 heavy (non-hydrogen) atoms. The van der Waals surface area contributed by atoms with Gasteiger partial charge in [0, 0.05) is 22.7 Å². The van der Waals surface area contributed by atoms with Crippen LogP contribution < -0.4 is 5.32 Å². The van der Waals surface area contributed by atoms with Crippen molar-refractivity contribution in [1.29, 1.82) is 0 Å². The number of nitrogens with one attached hydrogen (secondary N) is 1. The lowest BCUT2D eigenvalue weighted by Gasteiger charge is -2.38. The van der Waals surface area contributed by atoms with Crippen LogP contribution in [0.5, 0.6) is 0 Å². The van der Waals surface area contributed by atoms with Crippen molar-refractivity contribution in [1.82, 2.24) is 14.8 Å². The van der Waals surface area contributed by atoms with E-state index in [1.165, 1.54) is 11.8 Å². The minimum absolute atomic E-state index is 0.0575. The summed E-state index contributed by atoms with van der Waals surface area (Å²) in [6, 6.07) is 7.35. The van der Waals surface area contributed by atoms with Gasteiger partial charge in [-0.25, -0.2) is 4.68 Å². The number of rotatable bonds is 2. The molecule has 1 atom stereocenters. The molecule has 7 heteroatoms. The van der Waals surface area contributed by atoms with Gasteiger partial charge in [0.1, 0.15) is 6.04 Å². The summed E-state index contributed by atoms with van der Waals surface area (Å²) in [5, 5.41) is 9.32. The fraction of sp³-hybridized carbons (Fsp3) is 0.389. The SMILES string of the molecule is CSc1nc2n(n1)[C@@H](c1ccc(Cl)cc1)C1=C(CC(C)(C)CC1=O)N2. The van der Waals surface area contributed by atoms with Crippen LogP contribution in [0, 0.1) is 5.41 Å². The molecule has 0 saturated carbocycles. The van der Waals surface area contributed by atoms with Gasteiger partial charge in [-0.05, 0) is 35.8 Å². The third kappa shape index (κ3) is 2.87. The minimum Gasteiger partial charge on any atom is -0.328 e. The first-order valence-electron chi connectivity index (χ1n) is 8.17. The Morgan fingerprint density at radius 3 is 2.68 bits per heavy atom. The molecule has 1 aliphatic carbocycles. The normalized spacial score (nSPS) is 21.6. The van der Waals surface area contributed by atoms with Crippen LogP contribution in [0.4, 0.5) is 5.95 Å². The molecular weight excluding hydrogens is 356 g/mol. The number of Topliss-reactive ketones (excluding diaryl/α,β-unsaturated/α-hetero) is 1. The smallest absolute Gasteiger partial charge is 0.227 e. The highest BCUT2D eigenvalue weighted by Crippen LogP contribution is 2.45. The first-order valence-corrected chi connectivity index (χ1v) is 9.77. The quantitative estimate of drug-likeness (QED) is 0.793. The number of thioether (sulfide) groups is 1. The Hall–Kier alpha value is -1.79. The van der Waals surface area contributed by atoms with Gasteiger partial charge in [0.25, 0.3) is 0 Å². The second kappa shape index (κ2) is 5.88. The van der Waals surface area contributed by atoms with Crippen LogP contribution in [0.2, 0.25) is 5.02 Å². The number of hydrogen-bond donors (Lipinski definition) is 1. The monoisotopic (exact) mass is 374 g/mol. The molecule has 2 aromatic rings. The molecule has 0 fully saturated rings. The van der Waals surface area contributed by atoms with Crippen molar-refractivity contribution >= 4 is 35.1 Å². The summed E-state index contributed by atoms with van der Waals surface area (Å²) >= 11 is 7.54. The molecule has 0 unspecified atom stereocenters. The second-order valence-corrected chi connectivity index (χ2v) is 8.49. The number of aromatic nitrogens is 3. The van der Waals surface area contributed by atoms with E-state index in [2.05, 4.69) is 29.2 Å². The Balaban J connectivity index is 1.90. The molecule has 1 aliphatic heterocycles. The van der Waals surface area contributed by atoms with Crippen molar-refractivity contribution in [3.05, 3.63) is 46.1 Å². The number of hydrogen-bond acceptors (Lipinski definition) is 5. The lowest BCUT2D eigenvalue weighted by atomic mass is 9.73. The van der Waals surface area contributed by atoms with Gasteiger partial charge in [0.05, 0.1) is 0 Å². The standard InChI is InChI=1S/C18H19ClN4OS/c1-18(2)8-12-14(13(24)9-18)15(10-4-6-11(19)7-5-10)23-16(20-12)21-17(22-23)25-3/h4-7,15H,8-9H2,1-3H3,(H,20,21,22)/t15-/m0/s1. The first kappa shape index (κ1) is 16.7. The summed E-state index contributed by atoms with van der Waals surface area (Å²) in [7, 11) is 0. The number of ketones is 1. The molecule has 0 bridgehead atoms. The van der Waals surface area contributed by atoms with E-state index in [9.17, 15) is 4.79 Å². The summed E-state index contributed by atoms with van der Waals surface area (Å²) in [6.45, 7) is 4.25. The highest BCUT2D eigenvalue weighted by molar-refractivity contribution is 7.98. The molecule has 2 aliphatic rings. The number of benzene rings is 1. The number of carbonyl (C=O) groups excluding carboxylic acids is 1. The molecule has 1 aromatic heterocycles. The molecule has 130 valence electrons. The molecule has 4 rings (SSSR count). The number of nitrogens with zero attached hydrogens (tertiary/aromatic N) is 3. The summed E-state index contributed by atoms with van der Waals surface area (Å²) in [6.07, 6.45) is 3.30. The van der Waals surface area contributed by atoms with E-state index >= 15 is 0 Å².